The zero-order valence-electron chi connectivity index (χ0n) is 12.5. The molecule has 0 spiro atoms. The van der Waals surface area contributed by atoms with Crippen LogP contribution in [0.15, 0.2) is 18.2 Å². The highest BCUT2D eigenvalue weighted by molar-refractivity contribution is 5.90. The Morgan fingerprint density at radius 3 is 2.87 bits per heavy atom. The number of cyclic esters (lactones) is 1. The molecule has 2 fully saturated rings. The summed E-state index contributed by atoms with van der Waals surface area (Å²) < 4.78 is 29.6. The molecule has 3 rings (SSSR count). The van der Waals surface area contributed by atoms with E-state index in [9.17, 15) is 9.18 Å². The fourth-order valence-corrected chi connectivity index (χ4v) is 2.70. The number of hydrogen-bond acceptors (Lipinski definition) is 6. The molecule has 1 unspecified atom stereocenters. The molecule has 8 heteroatoms. The summed E-state index contributed by atoms with van der Waals surface area (Å²) in [6.45, 7) is 2.82. The molecular weight excluding hydrogens is 305 g/mol. The maximum atomic E-state index is 14.4. The first kappa shape index (κ1) is 15.5. The Hall–Kier alpha value is -2.35. The normalized spacial score (nSPS) is 21.3. The van der Waals surface area contributed by atoms with Crippen LogP contribution < -0.4 is 9.80 Å². The van der Waals surface area contributed by atoms with Crippen LogP contribution in [0.2, 0.25) is 0 Å². The van der Waals surface area contributed by atoms with Crippen molar-refractivity contribution in [1.82, 2.24) is 0 Å². The van der Waals surface area contributed by atoms with E-state index in [1.54, 1.807) is 12.1 Å². The predicted octanol–water partition coefficient (Wildman–Crippen LogP) is 1.61. The number of morpholine rings is 1. The number of halogens is 1. The molecule has 124 valence electrons. The second-order valence-electron chi connectivity index (χ2n) is 5.30. The molecule has 0 radical (unpaired) electrons. The molecule has 0 aromatic heterocycles. The summed E-state index contributed by atoms with van der Waals surface area (Å²) >= 11 is 0. The van der Waals surface area contributed by atoms with Crippen LogP contribution in [-0.4, -0.2) is 58.1 Å². The average molecular weight is 323 g/mol. The molecule has 0 saturated carbocycles. The van der Waals surface area contributed by atoms with Gasteiger partial charge in [-0.3, -0.25) is 10.3 Å². The quantitative estimate of drug-likeness (QED) is 0.658. The molecule has 1 aromatic carbocycles. The van der Waals surface area contributed by atoms with Gasteiger partial charge in [-0.05, 0) is 18.2 Å². The summed E-state index contributed by atoms with van der Waals surface area (Å²) in [6, 6.07) is 4.71. The molecule has 2 saturated heterocycles. The van der Waals surface area contributed by atoms with Crippen molar-refractivity contribution < 1.29 is 23.4 Å². The minimum Gasteiger partial charge on any atom is -0.480 e. The molecule has 2 aliphatic rings. The number of hydrogen-bond donors (Lipinski definition) is 1. The Bertz CT molecular complexity index is 592. The molecule has 1 atom stereocenters. The Kier molecular flexibility index (Phi) is 4.61. The Morgan fingerprint density at radius 1 is 1.39 bits per heavy atom. The molecule has 0 bridgehead atoms. The molecule has 0 aliphatic carbocycles. The Morgan fingerprint density at radius 2 is 2.17 bits per heavy atom. The lowest BCUT2D eigenvalue weighted by molar-refractivity contribution is 0.103. The van der Waals surface area contributed by atoms with Gasteiger partial charge in [-0.2, -0.15) is 0 Å². The second kappa shape index (κ2) is 6.82. The van der Waals surface area contributed by atoms with Gasteiger partial charge in [0.15, 0.2) is 12.5 Å². The van der Waals surface area contributed by atoms with Gasteiger partial charge in [0.05, 0.1) is 31.1 Å². The van der Waals surface area contributed by atoms with E-state index in [0.29, 0.717) is 37.7 Å². The molecule has 1 N–H and O–H groups in total. The maximum absolute atomic E-state index is 14.4. The lowest BCUT2D eigenvalue weighted by Gasteiger charge is -2.29. The van der Waals surface area contributed by atoms with Gasteiger partial charge in [0.1, 0.15) is 12.4 Å². The third kappa shape index (κ3) is 3.37. The van der Waals surface area contributed by atoms with Crippen LogP contribution >= 0.6 is 0 Å². The number of nitrogens with zero attached hydrogens (tertiary/aromatic N) is 2. The molecule has 1 amide bonds. The number of ether oxygens (including phenoxy) is 3. The van der Waals surface area contributed by atoms with E-state index in [1.165, 1.54) is 11.0 Å². The van der Waals surface area contributed by atoms with E-state index in [0.717, 1.165) is 6.40 Å². The molecular formula is C15H18FN3O4. The molecule has 7 nitrogen and oxygen atoms in total. The number of anilines is 2. The largest absolute Gasteiger partial charge is 0.480 e. The van der Waals surface area contributed by atoms with Crippen LogP contribution in [0.25, 0.3) is 0 Å². The second-order valence-corrected chi connectivity index (χ2v) is 5.30. The Balaban J connectivity index is 1.72. The fraction of sp³-hybridized carbons (Fsp3) is 0.467. The van der Waals surface area contributed by atoms with E-state index in [1.807, 2.05) is 4.90 Å². The lowest BCUT2D eigenvalue weighted by Crippen LogP contribution is -2.36. The van der Waals surface area contributed by atoms with Gasteiger partial charge in [-0.1, -0.05) is 0 Å². The lowest BCUT2D eigenvalue weighted by atomic mass is 10.2. The van der Waals surface area contributed by atoms with Crippen LogP contribution in [-0.2, 0) is 14.2 Å². The van der Waals surface area contributed by atoms with Gasteiger partial charge in [0.25, 0.3) is 0 Å². The molecule has 23 heavy (non-hydrogen) atoms. The van der Waals surface area contributed by atoms with E-state index < -0.39 is 12.2 Å². The first-order valence-corrected chi connectivity index (χ1v) is 7.40. The highest BCUT2D eigenvalue weighted by Crippen LogP contribution is 2.28. The van der Waals surface area contributed by atoms with Gasteiger partial charge in [-0.15, -0.1) is 0 Å². The zero-order valence-corrected chi connectivity index (χ0v) is 12.5. The third-order valence-electron chi connectivity index (χ3n) is 3.83. The summed E-state index contributed by atoms with van der Waals surface area (Å²) in [5.74, 6) is -0.378. The minimum absolute atomic E-state index is 0.111. The summed E-state index contributed by atoms with van der Waals surface area (Å²) in [5, 5.41) is 6.82. The van der Waals surface area contributed by atoms with Crippen LogP contribution in [0.5, 0.6) is 0 Å². The smallest absolute Gasteiger partial charge is 0.414 e. The van der Waals surface area contributed by atoms with Crippen molar-refractivity contribution >= 4 is 23.9 Å². The van der Waals surface area contributed by atoms with Crippen molar-refractivity contribution in [2.24, 2.45) is 0 Å². The van der Waals surface area contributed by atoms with Crippen molar-refractivity contribution in [3.63, 3.8) is 0 Å². The van der Waals surface area contributed by atoms with E-state index >= 15 is 0 Å². The summed E-state index contributed by atoms with van der Waals surface area (Å²) in [5.41, 5.74) is 0.954. The summed E-state index contributed by atoms with van der Waals surface area (Å²) in [7, 11) is 0. The van der Waals surface area contributed by atoms with E-state index in [4.69, 9.17) is 19.6 Å². The average Bonchev–Trinajstić information content (AvgIpc) is 2.94. The topological polar surface area (TPSA) is 75.1 Å². The first-order chi connectivity index (χ1) is 11.2. The number of carbonyl (C=O) groups is 1. The zero-order chi connectivity index (χ0) is 16.2. The molecule has 1 aromatic rings. The third-order valence-corrected chi connectivity index (χ3v) is 3.83. The van der Waals surface area contributed by atoms with Gasteiger partial charge in [0.2, 0.25) is 0 Å². The minimum atomic E-state index is -0.540. The van der Waals surface area contributed by atoms with E-state index in [-0.39, 0.29) is 19.0 Å². The number of amides is 1. The van der Waals surface area contributed by atoms with Gasteiger partial charge < -0.3 is 19.1 Å². The van der Waals surface area contributed by atoms with Crippen LogP contribution in [0, 0.1) is 11.2 Å². The summed E-state index contributed by atoms with van der Waals surface area (Å²) in [4.78, 5) is 15.2. The monoisotopic (exact) mass is 323 g/mol. The maximum Gasteiger partial charge on any atom is 0.414 e. The van der Waals surface area contributed by atoms with Crippen molar-refractivity contribution in [2.75, 3.05) is 49.3 Å². The molecule has 2 aliphatic heterocycles. The number of carbonyl (C=O) groups excluding carboxylic acids is 1. The van der Waals surface area contributed by atoms with Gasteiger partial charge in [-0.25, -0.2) is 9.18 Å². The van der Waals surface area contributed by atoms with Crippen molar-refractivity contribution in [1.29, 1.82) is 5.41 Å². The number of rotatable bonds is 5. The summed E-state index contributed by atoms with van der Waals surface area (Å²) in [6.07, 6.45) is -0.207. The first-order valence-electron chi connectivity index (χ1n) is 7.40. The Labute approximate surface area is 133 Å². The van der Waals surface area contributed by atoms with Crippen LogP contribution in [0.4, 0.5) is 20.6 Å². The van der Waals surface area contributed by atoms with Crippen molar-refractivity contribution in [2.45, 2.75) is 6.10 Å². The van der Waals surface area contributed by atoms with Crippen molar-refractivity contribution in [3.8, 4) is 0 Å². The number of benzene rings is 1. The highest BCUT2D eigenvalue weighted by atomic mass is 19.1. The van der Waals surface area contributed by atoms with Gasteiger partial charge >= 0.3 is 6.09 Å². The highest BCUT2D eigenvalue weighted by Gasteiger charge is 2.33. The van der Waals surface area contributed by atoms with Gasteiger partial charge in [0, 0.05) is 13.1 Å². The fourth-order valence-electron chi connectivity index (χ4n) is 2.70. The SMILES string of the molecule is N=COCC1CN(c2ccc(N3CCOCC3)c(F)c2)C(=O)O1. The predicted molar refractivity (Wildman–Crippen MR) is 81.8 cm³/mol. The van der Waals surface area contributed by atoms with Crippen LogP contribution in [0.3, 0.4) is 0 Å². The van der Waals surface area contributed by atoms with E-state index in [2.05, 4.69) is 0 Å². The number of nitrogens with one attached hydrogen (secondary N) is 1. The van der Waals surface area contributed by atoms with Crippen molar-refractivity contribution in [3.05, 3.63) is 24.0 Å². The standard InChI is InChI=1S/C15H18FN3O4/c16-13-7-11(1-2-14(13)18-3-5-21-6-4-18)19-8-12(9-22-10-17)23-15(19)20/h1-2,7,10,12,17H,3-6,8-9H2. The molecule has 2 heterocycles. The van der Waals surface area contributed by atoms with Crippen LogP contribution in [0.1, 0.15) is 0 Å².